The third-order valence-electron chi connectivity index (χ3n) is 2.90. The molecule has 1 aliphatic carbocycles. The van der Waals surface area contributed by atoms with E-state index < -0.39 is 0 Å². The maximum Gasteiger partial charge on any atom is 0.158 e. The number of nitrogen functional groups attached to an aromatic ring is 1. The lowest BCUT2D eigenvalue weighted by Crippen LogP contribution is -2.25. The monoisotopic (exact) mass is 221 g/mol. The largest absolute Gasteiger partial charge is 0.307 e. The van der Waals surface area contributed by atoms with Gasteiger partial charge in [-0.3, -0.25) is 9.88 Å². The van der Waals surface area contributed by atoms with Crippen molar-refractivity contribution >= 4 is 5.82 Å². The summed E-state index contributed by atoms with van der Waals surface area (Å²) in [7, 11) is 0. The zero-order chi connectivity index (χ0) is 11.4. The van der Waals surface area contributed by atoms with Gasteiger partial charge in [-0.15, -0.1) is 0 Å². The number of rotatable bonds is 6. The molecule has 0 unspecified atom stereocenters. The highest BCUT2D eigenvalue weighted by Crippen LogP contribution is 2.29. The van der Waals surface area contributed by atoms with Gasteiger partial charge in [-0.1, -0.05) is 6.92 Å². The van der Waals surface area contributed by atoms with Gasteiger partial charge in [-0.05, 0) is 25.3 Å². The number of nitrogens with zero attached hydrogens (tertiary/aromatic N) is 3. The summed E-state index contributed by atoms with van der Waals surface area (Å²) in [5.41, 5.74) is 3.48. The quantitative estimate of drug-likeness (QED) is 0.554. The highest BCUT2D eigenvalue weighted by Gasteiger charge is 2.23. The Morgan fingerprint density at radius 2 is 2.25 bits per heavy atom. The van der Waals surface area contributed by atoms with Crippen LogP contribution in [-0.2, 0) is 6.54 Å². The fraction of sp³-hybridized carbons (Fsp3) is 0.636. The zero-order valence-electron chi connectivity index (χ0n) is 9.69. The minimum absolute atomic E-state index is 0.606. The molecule has 0 amide bonds. The number of nitrogens with one attached hydrogen (secondary N) is 1. The molecule has 0 radical (unpaired) electrons. The predicted octanol–water partition coefficient (Wildman–Crippen LogP) is 0.994. The van der Waals surface area contributed by atoms with Gasteiger partial charge in [0.1, 0.15) is 0 Å². The van der Waals surface area contributed by atoms with Gasteiger partial charge in [-0.25, -0.2) is 10.8 Å². The molecule has 0 atom stereocenters. The van der Waals surface area contributed by atoms with Crippen LogP contribution in [0.15, 0.2) is 12.4 Å². The van der Waals surface area contributed by atoms with E-state index in [1.165, 1.54) is 19.4 Å². The molecular formula is C11H19N5. The van der Waals surface area contributed by atoms with Gasteiger partial charge in [0, 0.05) is 13.1 Å². The summed E-state index contributed by atoms with van der Waals surface area (Å²) < 4.78 is 0. The van der Waals surface area contributed by atoms with Gasteiger partial charge in [0.05, 0.1) is 18.1 Å². The summed E-state index contributed by atoms with van der Waals surface area (Å²) in [4.78, 5) is 10.9. The van der Waals surface area contributed by atoms with E-state index in [4.69, 9.17) is 5.84 Å². The lowest BCUT2D eigenvalue weighted by atomic mass is 10.3. The van der Waals surface area contributed by atoms with Crippen LogP contribution in [0, 0.1) is 5.92 Å². The molecule has 0 aromatic carbocycles. The molecule has 1 aromatic heterocycles. The van der Waals surface area contributed by atoms with Crippen molar-refractivity contribution in [2.75, 3.05) is 18.5 Å². The molecular weight excluding hydrogens is 202 g/mol. The molecule has 0 saturated heterocycles. The van der Waals surface area contributed by atoms with Crippen molar-refractivity contribution in [1.29, 1.82) is 0 Å². The molecule has 88 valence electrons. The van der Waals surface area contributed by atoms with Crippen molar-refractivity contribution in [2.45, 2.75) is 26.3 Å². The Bertz CT molecular complexity index is 320. The van der Waals surface area contributed by atoms with E-state index in [1.807, 2.05) is 0 Å². The molecule has 1 fully saturated rings. The maximum absolute atomic E-state index is 5.24. The Hall–Kier alpha value is -1.20. The van der Waals surface area contributed by atoms with Crippen molar-refractivity contribution in [3.05, 3.63) is 18.1 Å². The summed E-state index contributed by atoms with van der Waals surface area (Å²) >= 11 is 0. The first kappa shape index (κ1) is 11.3. The lowest BCUT2D eigenvalue weighted by molar-refractivity contribution is 0.265. The predicted molar refractivity (Wildman–Crippen MR) is 63.5 cm³/mol. The summed E-state index contributed by atoms with van der Waals surface area (Å²) in [6.45, 7) is 5.32. The van der Waals surface area contributed by atoms with E-state index in [9.17, 15) is 0 Å². The number of anilines is 1. The van der Waals surface area contributed by atoms with E-state index in [0.717, 1.165) is 24.7 Å². The van der Waals surface area contributed by atoms with Gasteiger partial charge in [0.2, 0.25) is 0 Å². The van der Waals surface area contributed by atoms with E-state index >= 15 is 0 Å². The maximum atomic E-state index is 5.24. The van der Waals surface area contributed by atoms with E-state index in [1.54, 1.807) is 12.4 Å². The summed E-state index contributed by atoms with van der Waals surface area (Å²) in [6, 6.07) is 0. The Morgan fingerprint density at radius 1 is 1.44 bits per heavy atom. The number of nitrogens with two attached hydrogens (primary N) is 1. The average Bonchev–Trinajstić information content (AvgIpc) is 3.13. The van der Waals surface area contributed by atoms with Crippen LogP contribution in [0.1, 0.15) is 25.5 Å². The summed E-state index contributed by atoms with van der Waals surface area (Å²) in [6.07, 6.45) is 6.22. The van der Waals surface area contributed by atoms with Crippen molar-refractivity contribution in [2.24, 2.45) is 11.8 Å². The Kier molecular flexibility index (Phi) is 3.69. The molecule has 0 bridgehead atoms. The van der Waals surface area contributed by atoms with E-state index in [2.05, 4.69) is 27.2 Å². The number of aromatic nitrogens is 2. The van der Waals surface area contributed by atoms with Crippen LogP contribution in [0.3, 0.4) is 0 Å². The Balaban J connectivity index is 1.89. The fourth-order valence-electron chi connectivity index (χ4n) is 1.71. The molecule has 16 heavy (non-hydrogen) atoms. The Morgan fingerprint density at radius 3 is 2.75 bits per heavy atom. The zero-order valence-corrected chi connectivity index (χ0v) is 9.69. The highest BCUT2D eigenvalue weighted by molar-refractivity contribution is 5.28. The fourth-order valence-corrected chi connectivity index (χ4v) is 1.71. The minimum atomic E-state index is 0.606. The minimum Gasteiger partial charge on any atom is -0.307 e. The van der Waals surface area contributed by atoms with Crippen LogP contribution in [-0.4, -0.2) is 28.0 Å². The van der Waals surface area contributed by atoms with Crippen LogP contribution >= 0.6 is 0 Å². The second-order valence-electron chi connectivity index (χ2n) is 4.31. The molecule has 0 spiro atoms. The smallest absolute Gasteiger partial charge is 0.158 e. The Labute approximate surface area is 96.0 Å². The van der Waals surface area contributed by atoms with Crippen molar-refractivity contribution < 1.29 is 0 Å². The normalized spacial score (nSPS) is 15.4. The lowest BCUT2D eigenvalue weighted by Gasteiger charge is -2.19. The van der Waals surface area contributed by atoms with Gasteiger partial charge in [-0.2, -0.15) is 0 Å². The van der Waals surface area contributed by atoms with Crippen LogP contribution in [0.25, 0.3) is 0 Å². The molecule has 1 aliphatic rings. The molecule has 5 nitrogen and oxygen atoms in total. The second kappa shape index (κ2) is 5.23. The van der Waals surface area contributed by atoms with Gasteiger partial charge < -0.3 is 5.43 Å². The van der Waals surface area contributed by atoms with Crippen molar-refractivity contribution in [1.82, 2.24) is 14.9 Å². The van der Waals surface area contributed by atoms with Crippen LogP contribution < -0.4 is 11.3 Å². The number of hydrazine groups is 1. The second-order valence-corrected chi connectivity index (χ2v) is 4.31. The molecule has 0 aliphatic heterocycles. The van der Waals surface area contributed by atoms with Crippen LogP contribution in [0.4, 0.5) is 5.82 Å². The van der Waals surface area contributed by atoms with Gasteiger partial charge >= 0.3 is 0 Å². The third kappa shape index (κ3) is 3.15. The standard InChI is InChI=1S/C11H19N5/c1-2-16(7-9-3-4-9)8-10-5-14-11(15-12)6-13-10/h5-6,9H,2-4,7-8,12H2,1H3,(H,14,15). The number of hydrogen-bond acceptors (Lipinski definition) is 5. The highest BCUT2D eigenvalue weighted by atomic mass is 15.3. The van der Waals surface area contributed by atoms with Crippen LogP contribution in [0.2, 0.25) is 0 Å². The first-order valence-electron chi connectivity index (χ1n) is 5.81. The third-order valence-corrected chi connectivity index (χ3v) is 2.90. The van der Waals surface area contributed by atoms with Crippen LogP contribution in [0.5, 0.6) is 0 Å². The topological polar surface area (TPSA) is 67.1 Å². The van der Waals surface area contributed by atoms with Gasteiger partial charge in [0.25, 0.3) is 0 Å². The molecule has 1 aromatic rings. The van der Waals surface area contributed by atoms with Gasteiger partial charge in [0.15, 0.2) is 5.82 Å². The van der Waals surface area contributed by atoms with E-state index in [0.29, 0.717) is 5.82 Å². The number of hydrogen-bond donors (Lipinski definition) is 2. The average molecular weight is 221 g/mol. The van der Waals surface area contributed by atoms with Crippen molar-refractivity contribution in [3.63, 3.8) is 0 Å². The van der Waals surface area contributed by atoms with Crippen molar-refractivity contribution in [3.8, 4) is 0 Å². The molecule has 1 saturated carbocycles. The molecule has 1 heterocycles. The molecule has 5 heteroatoms. The summed E-state index contributed by atoms with van der Waals surface area (Å²) in [5.74, 6) is 6.76. The molecule has 3 N–H and O–H groups in total. The first-order valence-corrected chi connectivity index (χ1v) is 5.81. The summed E-state index contributed by atoms with van der Waals surface area (Å²) in [5, 5.41) is 0. The SMILES string of the molecule is CCN(Cc1cnc(NN)cn1)CC1CC1. The molecule has 2 rings (SSSR count). The first-order chi connectivity index (χ1) is 7.81. The van der Waals surface area contributed by atoms with E-state index in [-0.39, 0.29) is 0 Å².